The molecular weight excluding hydrogens is 248 g/mol. The lowest BCUT2D eigenvalue weighted by atomic mass is 10.1. The Morgan fingerprint density at radius 1 is 1.15 bits per heavy atom. The van der Waals surface area contributed by atoms with Crippen molar-refractivity contribution in [2.75, 3.05) is 6.54 Å². The summed E-state index contributed by atoms with van der Waals surface area (Å²) in [5, 5.41) is 0. The number of carbonyl (C=O) groups excluding carboxylic acids is 1. The number of nitrogens with zero attached hydrogens (tertiary/aromatic N) is 1. The molecule has 0 saturated carbocycles. The van der Waals surface area contributed by atoms with Crippen LogP contribution < -0.4 is 5.73 Å². The first-order valence-corrected chi connectivity index (χ1v) is 6.70. The normalized spacial score (nSPS) is 13.4. The summed E-state index contributed by atoms with van der Waals surface area (Å²) in [4.78, 5) is 12.3. The third-order valence-electron chi connectivity index (χ3n) is 3.70. The molecule has 0 radical (unpaired) electrons. The van der Waals surface area contributed by atoms with Crippen molar-refractivity contribution in [1.82, 2.24) is 0 Å². The van der Waals surface area contributed by atoms with Gasteiger partial charge in [0.2, 0.25) is 5.78 Å². The Bertz CT molecular complexity index is 699. The fourth-order valence-corrected chi connectivity index (χ4v) is 2.51. The summed E-state index contributed by atoms with van der Waals surface area (Å²) < 4.78 is 1.94. The first-order valence-electron chi connectivity index (χ1n) is 6.70. The summed E-state index contributed by atoms with van der Waals surface area (Å²) in [5.41, 5.74) is 10.2. The molecule has 0 aliphatic carbocycles. The first-order chi connectivity index (χ1) is 9.65. The quantitative estimate of drug-likeness (QED) is 0.682. The van der Waals surface area contributed by atoms with Gasteiger partial charge in [-0.05, 0) is 13.0 Å². The monoisotopic (exact) mass is 265 g/mol. The number of amidine groups is 1. The molecule has 3 heteroatoms. The van der Waals surface area contributed by atoms with Crippen LogP contribution in [0.2, 0.25) is 0 Å². The number of carbonyl (C=O) groups is 1. The van der Waals surface area contributed by atoms with Crippen molar-refractivity contribution in [3.63, 3.8) is 0 Å². The summed E-state index contributed by atoms with van der Waals surface area (Å²) in [6, 6.07) is 15.7. The van der Waals surface area contributed by atoms with Gasteiger partial charge in [0.25, 0.3) is 5.84 Å². The molecule has 0 bridgehead atoms. The Morgan fingerprint density at radius 3 is 2.55 bits per heavy atom. The van der Waals surface area contributed by atoms with Gasteiger partial charge >= 0.3 is 0 Å². The molecule has 0 spiro atoms. The molecule has 3 nitrogen and oxygen atoms in total. The minimum Gasteiger partial charge on any atom is -0.290 e. The Kier molecular flexibility index (Phi) is 3.11. The van der Waals surface area contributed by atoms with Crippen LogP contribution in [0.5, 0.6) is 0 Å². The van der Waals surface area contributed by atoms with E-state index in [2.05, 4.69) is 6.07 Å². The van der Waals surface area contributed by atoms with Gasteiger partial charge in [-0.1, -0.05) is 48.0 Å². The lowest BCUT2D eigenvalue weighted by molar-refractivity contribution is -0.526. The Labute approximate surface area is 118 Å². The standard InChI is InChI=1S/C17H16N2O/c1-12-6-8-13(9-7-12)16(20)11-19-10-14-4-2-3-5-15(14)17(19)18/h2-9,18H,10-11H2,1H3/p+1. The predicted molar refractivity (Wildman–Crippen MR) is 79.1 cm³/mol. The minimum atomic E-state index is 0.0979. The Hall–Kier alpha value is -2.42. The Morgan fingerprint density at radius 2 is 1.85 bits per heavy atom. The number of rotatable bonds is 3. The molecule has 0 atom stereocenters. The van der Waals surface area contributed by atoms with E-state index in [9.17, 15) is 4.79 Å². The third kappa shape index (κ3) is 2.23. The highest BCUT2D eigenvalue weighted by Gasteiger charge is 2.25. The van der Waals surface area contributed by atoms with E-state index in [1.165, 1.54) is 5.56 Å². The van der Waals surface area contributed by atoms with E-state index >= 15 is 0 Å². The van der Waals surface area contributed by atoms with Crippen LogP contribution in [0, 0.1) is 6.92 Å². The zero-order valence-corrected chi connectivity index (χ0v) is 11.5. The highest BCUT2D eigenvalue weighted by atomic mass is 16.1. The number of fused-ring (bicyclic) bond motifs is 1. The average molecular weight is 265 g/mol. The average Bonchev–Trinajstić information content (AvgIpc) is 2.77. The van der Waals surface area contributed by atoms with Crippen LogP contribution in [0.4, 0.5) is 0 Å². The summed E-state index contributed by atoms with van der Waals surface area (Å²) in [7, 11) is 0. The summed E-state index contributed by atoms with van der Waals surface area (Å²) in [5.74, 6) is 0.793. The zero-order chi connectivity index (χ0) is 14.1. The van der Waals surface area contributed by atoms with E-state index in [0.29, 0.717) is 18.9 Å². The highest BCUT2D eigenvalue weighted by molar-refractivity contribution is 6.00. The lowest BCUT2D eigenvalue weighted by Gasteiger charge is -2.03. The molecule has 0 aromatic heterocycles. The fraction of sp³-hybridized carbons (Fsp3) is 0.176. The molecule has 0 amide bonds. The first kappa shape index (κ1) is 12.6. The van der Waals surface area contributed by atoms with Gasteiger partial charge in [-0.25, -0.2) is 4.58 Å². The number of aryl methyl sites for hydroxylation is 1. The maximum absolute atomic E-state index is 12.3. The Balaban J connectivity index is 1.81. The number of nitrogens with two attached hydrogens (primary N) is 1. The van der Waals surface area contributed by atoms with E-state index in [-0.39, 0.29) is 5.78 Å². The van der Waals surface area contributed by atoms with Gasteiger partial charge in [-0.3, -0.25) is 10.5 Å². The molecule has 2 aromatic carbocycles. The van der Waals surface area contributed by atoms with Crippen LogP contribution in [-0.2, 0) is 6.54 Å². The van der Waals surface area contributed by atoms with Gasteiger partial charge in [0.15, 0.2) is 0 Å². The molecule has 1 aliphatic heterocycles. The van der Waals surface area contributed by atoms with Crippen molar-refractivity contribution in [2.45, 2.75) is 13.5 Å². The third-order valence-corrected chi connectivity index (χ3v) is 3.70. The second-order valence-electron chi connectivity index (χ2n) is 5.19. The van der Waals surface area contributed by atoms with Gasteiger partial charge in [0.1, 0.15) is 13.1 Å². The molecule has 20 heavy (non-hydrogen) atoms. The molecule has 3 rings (SSSR count). The van der Waals surface area contributed by atoms with E-state index in [0.717, 1.165) is 16.7 Å². The fourth-order valence-electron chi connectivity index (χ4n) is 2.51. The minimum absolute atomic E-state index is 0.0979. The number of benzene rings is 2. The van der Waals surface area contributed by atoms with Crippen LogP contribution in [0.1, 0.15) is 27.0 Å². The van der Waals surface area contributed by atoms with Crippen LogP contribution in [0.15, 0.2) is 48.5 Å². The SMILES string of the molecule is Cc1ccc(C(=O)C[N+]2=C(N)c3ccccc3C2)cc1. The van der Waals surface area contributed by atoms with Crippen molar-refractivity contribution in [3.05, 3.63) is 70.8 Å². The van der Waals surface area contributed by atoms with Crippen LogP contribution in [0.25, 0.3) is 0 Å². The highest BCUT2D eigenvalue weighted by Crippen LogP contribution is 2.16. The van der Waals surface area contributed by atoms with Gasteiger partial charge in [0.05, 0.1) is 5.56 Å². The van der Waals surface area contributed by atoms with Crippen molar-refractivity contribution >= 4 is 11.6 Å². The smallest absolute Gasteiger partial charge is 0.276 e. The molecule has 2 N–H and O–H groups in total. The molecule has 1 aliphatic rings. The molecule has 0 unspecified atom stereocenters. The van der Waals surface area contributed by atoms with E-state index in [1.807, 2.05) is 54.0 Å². The van der Waals surface area contributed by atoms with Crippen LogP contribution in [0.3, 0.4) is 0 Å². The zero-order valence-electron chi connectivity index (χ0n) is 11.5. The van der Waals surface area contributed by atoms with Gasteiger partial charge in [-0.15, -0.1) is 0 Å². The second kappa shape index (κ2) is 4.93. The molecule has 0 fully saturated rings. The summed E-state index contributed by atoms with van der Waals surface area (Å²) in [6.07, 6.45) is 0. The van der Waals surface area contributed by atoms with Gasteiger partial charge in [-0.2, -0.15) is 0 Å². The van der Waals surface area contributed by atoms with Gasteiger partial charge in [0, 0.05) is 11.1 Å². The number of hydrogen-bond donors (Lipinski definition) is 1. The predicted octanol–water partition coefficient (Wildman–Crippen LogP) is 2.11. The number of ketones is 1. The maximum Gasteiger partial charge on any atom is 0.276 e. The maximum atomic E-state index is 12.3. The van der Waals surface area contributed by atoms with E-state index in [4.69, 9.17) is 5.73 Å². The second-order valence-corrected chi connectivity index (χ2v) is 5.19. The van der Waals surface area contributed by atoms with Crippen molar-refractivity contribution in [1.29, 1.82) is 0 Å². The van der Waals surface area contributed by atoms with Crippen LogP contribution >= 0.6 is 0 Å². The molecule has 100 valence electrons. The summed E-state index contributed by atoms with van der Waals surface area (Å²) in [6.45, 7) is 3.04. The number of hydrogen-bond acceptors (Lipinski definition) is 2. The largest absolute Gasteiger partial charge is 0.290 e. The van der Waals surface area contributed by atoms with Gasteiger partial charge < -0.3 is 0 Å². The molecule has 0 saturated heterocycles. The van der Waals surface area contributed by atoms with Crippen LogP contribution in [-0.4, -0.2) is 22.7 Å². The van der Waals surface area contributed by atoms with Crippen molar-refractivity contribution in [2.24, 2.45) is 5.73 Å². The van der Waals surface area contributed by atoms with Crippen molar-refractivity contribution in [3.8, 4) is 0 Å². The van der Waals surface area contributed by atoms with E-state index in [1.54, 1.807) is 0 Å². The van der Waals surface area contributed by atoms with Crippen molar-refractivity contribution < 1.29 is 9.37 Å². The lowest BCUT2D eigenvalue weighted by Crippen LogP contribution is -2.28. The molecule has 2 aromatic rings. The summed E-state index contributed by atoms with van der Waals surface area (Å²) >= 11 is 0. The number of Topliss-reactive ketones (excluding diaryl/α,β-unsaturated/α-hetero) is 1. The van der Waals surface area contributed by atoms with E-state index < -0.39 is 0 Å². The molecule has 1 heterocycles. The topological polar surface area (TPSA) is 46.1 Å². The molecular formula is C17H17N2O+.